The minimum Gasteiger partial charge on any atom is -0.353 e. The van der Waals surface area contributed by atoms with Gasteiger partial charge < -0.3 is 5.32 Å². The fourth-order valence-corrected chi connectivity index (χ4v) is 4.25. The number of hydrogen-bond acceptors (Lipinski definition) is 3. The van der Waals surface area contributed by atoms with Crippen molar-refractivity contribution in [1.82, 2.24) is 5.32 Å². The van der Waals surface area contributed by atoms with E-state index in [4.69, 9.17) is 11.6 Å². The van der Waals surface area contributed by atoms with Crippen LogP contribution in [0.1, 0.15) is 51.4 Å². The summed E-state index contributed by atoms with van der Waals surface area (Å²) in [6.07, 6.45) is 7.98. The second-order valence-corrected chi connectivity index (χ2v) is 8.68. The summed E-state index contributed by atoms with van der Waals surface area (Å²) in [5.41, 5.74) is 0. The van der Waals surface area contributed by atoms with Crippen molar-refractivity contribution in [2.45, 2.75) is 62.3 Å². The fourth-order valence-electron chi connectivity index (χ4n) is 2.89. The van der Waals surface area contributed by atoms with Gasteiger partial charge in [0.15, 0.2) is 9.84 Å². The Kier molecular flexibility index (Phi) is 6.90. The first kappa shape index (κ1) is 18.3. The molecule has 128 valence electrons. The molecule has 0 bridgehead atoms. The van der Waals surface area contributed by atoms with Gasteiger partial charge in [-0.1, -0.05) is 43.7 Å². The Morgan fingerprint density at radius 2 is 1.61 bits per heavy atom. The predicted molar refractivity (Wildman–Crippen MR) is 92.4 cm³/mol. The zero-order valence-corrected chi connectivity index (χ0v) is 14.8. The maximum Gasteiger partial charge on any atom is 0.221 e. The molecule has 0 radical (unpaired) electrons. The Bertz CT molecular complexity index is 605. The summed E-state index contributed by atoms with van der Waals surface area (Å²) in [7, 11) is -3.45. The van der Waals surface area contributed by atoms with Crippen molar-refractivity contribution in [1.29, 1.82) is 0 Å². The Hall–Kier alpha value is -1.07. The minimum atomic E-state index is -3.45. The highest BCUT2D eigenvalue weighted by Crippen LogP contribution is 2.18. The maximum atomic E-state index is 12.2. The fraction of sp³-hybridized carbons (Fsp3) is 0.588. The lowest BCUT2D eigenvalue weighted by molar-refractivity contribution is -0.121. The van der Waals surface area contributed by atoms with Crippen LogP contribution < -0.4 is 5.32 Å². The number of halogens is 1. The average molecular weight is 358 g/mol. The van der Waals surface area contributed by atoms with Crippen molar-refractivity contribution in [3.05, 3.63) is 29.3 Å². The van der Waals surface area contributed by atoms with Gasteiger partial charge in [-0.3, -0.25) is 4.79 Å². The topological polar surface area (TPSA) is 63.2 Å². The normalized spacial score (nSPS) is 17.3. The third-order valence-electron chi connectivity index (χ3n) is 4.24. The smallest absolute Gasteiger partial charge is 0.221 e. The van der Waals surface area contributed by atoms with Crippen molar-refractivity contribution in [3.63, 3.8) is 0 Å². The van der Waals surface area contributed by atoms with E-state index in [1.165, 1.54) is 31.4 Å². The summed E-state index contributed by atoms with van der Waals surface area (Å²) in [6, 6.07) is 6.24. The summed E-state index contributed by atoms with van der Waals surface area (Å²) in [5.74, 6) is -0.346. The first-order valence-corrected chi connectivity index (χ1v) is 10.3. The minimum absolute atomic E-state index is 0.00145. The summed E-state index contributed by atoms with van der Waals surface area (Å²) in [6.45, 7) is 0. The number of sulfone groups is 1. The molecule has 2 rings (SSSR count). The Morgan fingerprint density at radius 1 is 1.04 bits per heavy atom. The van der Waals surface area contributed by atoms with Crippen molar-refractivity contribution < 1.29 is 13.2 Å². The molecule has 0 atom stereocenters. The van der Waals surface area contributed by atoms with Gasteiger partial charge >= 0.3 is 0 Å². The summed E-state index contributed by atoms with van der Waals surface area (Å²) >= 11 is 5.76. The summed E-state index contributed by atoms with van der Waals surface area (Å²) in [4.78, 5) is 12.3. The number of nitrogens with one attached hydrogen (secondary N) is 1. The maximum absolute atomic E-state index is 12.2. The van der Waals surface area contributed by atoms with Crippen LogP contribution >= 0.6 is 11.6 Å². The van der Waals surface area contributed by atoms with Crippen molar-refractivity contribution in [2.75, 3.05) is 5.75 Å². The first-order valence-electron chi connectivity index (χ1n) is 8.25. The first-order chi connectivity index (χ1) is 11.0. The predicted octanol–water partition coefficient (Wildman–Crippen LogP) is 3.73. The molecular formula is C17H24ClNO3S. The van der Waals surface area contributed by atoms with E-state index in [0.717, 1.165) is 25.7 Å². The molecule has 1 amide bonds. The van der Waals surface area contributed by atoms with E-state index in [0.29, 0.717) is 5.02 Å². The van der Waals surface area contributed by atoms with E-state index >= 15 is 0 Å². The molecule has 1 aromatic carbocycles. The summed E-state index contributed by atoms with van der Waals surface area (Å²) < 4.78 is 24.4. The highest BCUT2D eigenvalue weighted by atomic mass is 35.5. The lowest BCUT2D eigenvalue weighted by atomic mass is 9.97. The quantitative estimate of drug-likeness (QED) is 0.873. The number of amides is 1. The SMILES string of the molecule is O=C(CCS(=O)(=O)c1ccc(Cl)cc1)NC1CCCCCCC1. The molecule has 1 saturated carbocycles. The molecule has 23 heavy (non-hydrogen) atoms. The van der Waals surface area contributed by atoms with Crippen LogP contribution in [0.3, 0.4) is 0 Å². The lowest BCUT2D eigenvalue weighted by Gasteiger charge is -2.21. The largest absolute Gasteiger partial charge is 0.353 e. The van der Waals surface area contributed by atoms with E-state index in [9.17, 15) is 13.2 Å². The zero-order valence-electron chi connectivity index (χ0n) is 13.3. The van der Waals surface area contributed by atoms with E-state index in [2.05, 4.69) is 5.32 Å². The van der Waals surface area contributed by atoms with Gasteiger partial charge in [0.1, 0.15) is 0 Å². The van der Waals surface area contributed by atoms with E-state index in [-0.39, 0.29) is 29.0 Å². The highest BCUT2D eigenvalue weighted by molar-refractivity contribution is 7.91. The Labute approximate surface area is 143 Å². The molecule has 1 aliphatic carbocycles. The van der Waals surface area contributed by atoms with Crippen molar-refractivity contribution >= 4 is 27.3 Å². The monoisotopic (exact) mass is 357 g/mol. The molecule has 0 spiro atoms. The van der Waals surface area contributed by atoms with Crippen molar-refractivity contribution in [2.24, 2.45) is 0 Å². The molecular weight excluding hydrogens is 334 g/mol. The van der Waals surface area contributed by atoms with Gasteiger partial charge in [-0.15, -0.1) is 0 Å². The summed E-state index contributed by atoms with van der Waals surface area (Å²) in [5, 5.41) is 3.49. The highest BCUT2D eigenvalue weighted by Gasteiger charge is 2.18. The Balaban J connectivity index is 1.84. The number of carbonyl (C=O) groups excluding carboxylic acids is 1. The van der Waals surface area contributed by atoms with Crippen molar-refractivity contribution in [3.8, 4) is 0 Å². The van der Waals surface area contributed by atoms with Gasteiger partial charge in [0, 0.05) is 17.5 Å². The van der Waals surface area contributed by atoms with Crippen LogP contribution in [0.25, 0.3) is 0 Å². The van der Waals surface area contributed by atoms with Crippen LogP contribution in [0.5, 0.6) is 0 Å². The van der Waals surface area contributed by atoms with Gasteiger partial charge in [0.25, 0.3) is 0 Å². The van der Waals surface area contributed by atoms with Crippen LogP contribution in [-0.4, -0.2) is 26.1 Å². The molecule has 0 aliphatic heterocycles. The molecule has 1 fully saturated rings. The molecule has 1 aromatic rings. The van der Waals surface area contributed by atoms with Crippen LogP contribution in [0.4, 0.5) is 0 Å². The lowest BCUT2D eigenvalue weighted by Crippen LogP contribution is -2.36. The molecule has 1 N–H and O–H groups in total. The average Bonchev–Trinajstić information content (AvgIpc) is 2.48. The van der Waals surface area contributed by atoms with Gasteiger partial charge in [-0.25, -0.2) is 8.42 Å². The Morgan fingerprint density at radius 3 is 2.22 bits per heavy atom. The molecule has 6 heteroatoms. The third kappa shape index (κ3) is 6.15. The number of benzene rings is 1. The molecule has 4 nitrogen and oxygen atoms in total. The molecule has 0 saturated heterocycles. The van der Waals surface area contributed by atoms with Gasteiger partial charge in [0.2, 0.25) is 5.91 Å². The van der Waals surface area contributed by atoms with Gasteiger partial charge in [-0.05, 0) is 37.1 Å². The van der Waals surface area contributed by atoms with E-state index in [1.54, 1.807) is 12.1 Å². The number of rotatable bonds is 5. The van der Waals surface area contributed by atoms with E-state index < -0.39 is 9.84 Å². The molecule has 1 aliphatic rings. The standard InChI is InChI=1S/C17H24ClNO3S/c18-14-8-10-16(11-9-14)23(21,22)13-12-17(20)19-15-6-4-2-1-3-5-7-15/h8-11,15H,1-7,12-13H2,(H,19,20). The van der Waals surface area contributed by atoms with Crippen LogP contribution in [0.2, 0.25) is 5.02 Å². The number of hydrogen-bond donors (Lipinski definition) is 1. The van der Waals surface area contributed by atoms with Crippen LogP contribution in [0, 0.1) is 0 Å². The third-order valence-corrected chi connectivity index (χ3v) is 6.22. The molecule has 0 heterocycles. The van der Waals surface area contributed by atoms with Gasteiger partial charge in [-0.2, -0.15) is 0 Å². The second kappa shape index (κ2) is 8.69. The molecule has 0 unspecified atom stereocenters. The van der Waals surface area contributed by atoms with E-state index in [1.807, 2.05) is 0 Å². The van der Waals surface area contributed by atoms with Gasteiger partial charge in [0.05, 0.1) is 10.6 Å². The molecule has 0 aromatic heterocycles. The van der Waals surface area contributed by atoms with Crippen LogP contribution in [-0.2, 0) is 14.6 Å². The zero-order chi connectivity index (χ0) is 16.7. The van der Waals surface area contributed by atoms with Crippen LogP contribution in [0.15, 0.2) is 29.2 Å². The number of carbonyl (C=O) groups is 1. The second-order valence-electron chi connectivity index (χ2n) is 6.13.